The maximum absolute atomic E-state index is 3.80. The molecule has 106 valence electrons. The summed E-state index contributed by atoms with van der Waals surface area (Å²) in [6.07, 6.45) is 5.14. The van der Waals surface area contributed by atoms with E-state index in [1.165, 1.54) is 38.2 Å². The molecule has 18 heavy (non-hydrogen) atoms. The molecular formula is C15H30N2S. The molecule has 0 bridgehead atoms. The van der Waals surface area contributed by atoms with E-state index in [9.17, 15) is 0 Å². The van der Waals surface area contributed by atoms with Crippen LogP contribution in [0.4, 0.5) is 0 Å². The molecule has 0 spiro atoms. The number of piperazine rings is 1. The van der Waals surface area contributed by atoms with Gasteiger partial charge < -0.3 is 5.32 Å². The van der Waals surface area contributed by atoms with Gasteiger partial charge in [0.15, 0.2) is 0 Å². The summed E-state index contributed by atoms with van der Waals surface area (Å²) in [5, 5.41) is 3.80. The van der Waals surface area contributed by atoms with E-state index >= 15 is 0 Å². The lowest BCUT2D eigenvalue weighted by Crippen LogP contribution is -2.59. The molecule has 1 aliphatic heterocycles. The van der Waals surface area contributed by atoms with Gasteiger partial charge in [0, 0.05) is 31.7 Å². The van der Waals surface area contributed by atoms with Gasteiger partial charge >= 0.3 is 0 Å². The van der Waals surface area contributed by atoms with Gasteiger partial charge in [-0.1, -0.05) is 20.8 Å². The van der Waals surface area contributed by atoms with Crippen molar-refractivity contribution in [2.24, 2.45) is 17.8 Å². The van der Waals surface area contributed by atoms with Gasteiger partial charge in [-0.05, 0) is 42.6 Å². The Morgan fingerprint density at radius 3 is 2.56 bits per heavy atom. The summed E-state index contributed by atoms with van der Waals surface area (Å²) in [5.41, 5.74) is 0. The molecule has 0 aromatic carbocycles. The lowest BCUT2D eigenvalue weighted by molar-refractivity contribution is 0.0815. The molecule has 3 unspecified atom stereocenters. The summed E-state index contributed by atoms with van der Waals surface area (Å²) in [7, 11) is 0. The molecule has 1 N–H and O–H groups in total. The minimum Gasteiger partial charge on any atom is -0.311 e. The molecule has 3 atom stereocenters. The van der Waals surface area contributed by atoms with Gasteiger partial charge in [0.1, 0.15) is 0 Å². The molecule has 1 heterocycles. The van der Waals surface area contributed by atoms with Crippen molar-refractivity contribution in [1.82, 2.24) is 10.2 Å². The van der Waals surface area contributed by atoms with E-state index in [4.69, 9.17) is 0 Å². The number of rotatable bonds is 6. The first-order valence-corrected chi connectivity index (χ1v) is 8.97. The van der Waals surface area contributed by atoms with Crippen molar-refractivity contribution >= 4 is 11.8 Å². The van der Waals surface area contributed by atoms with Gasteiger partial charge in [0.25, 0.3) is 0 Å². The maximum Gasteiger partial charge on any atom is 0.0244 e. The molecule has 0 radical (unpaired) electrons. The molecule has 0 aromatic rings. The molecule has 2 rings (SSSR count). The lowest BCUT2D eigenvalue weighted by atomic mass is 9.96. The van der Waals surface area contributed by atoms with Crippen LogP contribution in [-0.2, 0) is 0 Å². The number of thioether (sulfide) groups is 1. The smallest absolute Gasteiger partial charge is 0.0244 e. The zero-order chi connectivity index (χ0) is 13.1. The SMILES string of the molecule is CSCC(C)CN1CC(C2CC2)NCC1C(C)C. The number of nitrogens with zero attached hydrogens (tertiary/aromatic N) is 1. The van der Waals surface area contributed by atoms with E-state index in [2.05, 4.69) is 37.2 Å². The maximum atomic E-state index is 3.80. The second-order valence-electron chi connectivity index (χ2n) is 6.68. The van der Waals surface area contributed by atoms with E-state index in [0.717, 1.165) is 29.8 Å². The molecule has 0 amide bonds. The summed E-state index contributed by atoms with van der Waals surface area (Å²) < 4.78 is 0. The number of hydrogen-bond acceptors (Lipinski definition) is 3. The van der Waals surface area contributed by atoms with Gasteiger partial charge in [-0.2, -0.15) is 11.8 Å². The highest BCUT2D eigenvalue weighted by Crippen LogP contribution is 2.35. The van der Waals surface area contributed by atoms with Crippen LogP contribution in [0.5, 0.6) is 0 Å². The summed E-state index contributed by atoms with van der Waals surface area (Å²) >= 11 is 1.99. The van der Waals surface area contributed by atoms with Crippen LogP contribution < -0.4 is 5.32 Å². The van der Waals surface area contributed by atoms with Crippen LogP contribution in [0.25, 0.3) is 0 Å². The van der Waals surface area contributed by atoms with Crippen LogP contribution in [-0.4, -0.2) is 48.6 Å². The first-order valence-electron chi connectivity index (χ1n) is 7.58. The Morgan fingerprint density at radius 2 is 2.00 bits per heavy atom. The quantitative estimate of drug-likeness (QED) is 0.799. The standard InChI is InChI=1S/C15H30N2S/c1-11(2)15-7-16-14(13-5-6-13)9-17(15)8-12(3)10-18-4/h11-16H,5-10H2,1-4H3. The molecule has 3 heteroatoms. The van der Waals surface area contributed by atoms with Crippen LogP contribution in [0, 0.1) is 17.8 Å². The third-order valence-corrected chi connectivity index (χ3v) is 5.35. The van der Waals surface area contributed by atoms with E-state index in [1.54, 1.807) is 0 Å². The Hall–Kier alpha value is 0.270. The third-order valence-electron chi connectivity index (χ3n) is 4.45. The van der Waals surface area contributed by atoms with Crippen LogP contribution in [0.15, 0.2) is 0 Å². The molecule has 2 nitrogen and oxygen atoms in total. The summed E-state index contributed by atoms with van der Waals surface area (Å²) in [6, 6.07) is 1.52. The Bertz CT molecular complexity index is 253. The normalized spacial score (nSPS) is 31.8. The summed E-state index contributed by atoms with van der Waals surface area (Å²) in [6.45, 7) is 10.9. The second-order valence-corrected chi connectivity index (χ2v) is 7.59. The largest absolute Gasteiger partial charge is 0.311 e. The van der Waals surface area contributed by atoms with E-state index in [0.29, 0.717) is 0 Å². The van der Waals surface area contributed by atoms with Crippen molar-refractivity contribution in [1.29, 1.82) is 0 Å². The zero-order valence-electron chi connectivity index (χ0n) is 12.5. The number of hydrogen-bond donors (Lipinski definition) is 1. The van der Waals surface area contributed by atoms with Crippen molar-refractivity contribution in [3.8, 4) is 0 Å². The molecule has 1 aliphatic carbocycles. The van der Waals surface area contributed by atoms with Crippen molar-refractivity contribution < 1.29 is 0 Å². The van der Waals surface area contributed by atoms with Crippen LogP contribution in [0.2, 0.25) is 0 Å². The molecule has 0 aromatic heterocycles. The summed E-state index contributed by atoms with van der Waals surface area (Å²) in [5.74, 6) is 3.86. The van der Waals surface area contributed by atoms with Crippen molar-refractivity contribution in [3.05, 3.63) is 0 Å². The fraction of sp³-hybridized carbons (Fsp3) is 1.00. The van der Waals surface area contributed by atoms with Crippen molar-refractivity contribution in [2.75, 3.05) is 31.6 Å². The van der Waals surface area contributed by atoms with E-state index in [-0.39, 0.29) is 0 Å². The topological polar surface area (TPSA) is 15.3 Å². The van der Waals surface area contributed by atoms with E-state index in [1.807, 2.05) is 11.8 Å². The third kappa shape index (κ3) is 3.88. The molecule has 1 saturated heterocycles. The van der Waals surface area contributed by atoms with Gasteiger partial charge in [-0.25, -0.2) is 0 Å². The van der Waals surface area contributed by atoms with Gasteiger partial charge in [0.05, 0.1) is 0 Å². The Morgan fingerprint density at radius 1 is 1.28 bits per heavy atom. The van der Waals surface area contributed by atoms with Gasteiger partial charge in [0.2, 0.25) is 0 Å². The minimum absolute atomic E-state index is 0.740. The number of nitrogens with one attached hydrogen (secondary N) is 1. The van der Waals surface area contributed by atoms with Gasteiger partial charge in [-0.15, -0.1) is 0 Å². The highest BCUT2D eigenvalue weighted by molar-refractivity contribution is 7.98. The van der Waals surface area contributed by atoms with Crippen molar-refractivity contribution in [3.63, 3.8) is 0 Å². The van der Waals surface area contributed by atoms with Crippen LogP contribution in [0.3, 0.4) is 0 Å². The predicted molar refractivity (Wildman–Crippen MR) is 82.3 cm³/mol. The Kier molecular flexibility index (Phi) is 5.40. The molecule has 2 fully saturated rings. The Labute approximate surface area is 117 Å². The van der Waals surface area contributed by atoms with Crippen molar-refractivity contribution in [2.45, 2.75) is 45.7 Å². The minimum atomic E-state index is 0.740. The average Bonchev–Trinajstić information content (AvgIpc) is 3.12. The predicted octanol–water partition coefficient (Wildman–Crippen LogP) is 2.69. The zero-order valence-corrected chi connectivity index (χ0v) is 13.3. The van der Waals surface area contributed by atoms with E-state index < -0.39 is 0 Å². The second kappa shape index (κ2) is 6.62. The highest BCUT2D eigenvalue weighted by atomic mass is 32.2. The fourth-order valence-electron chi connectivity index (χ4n) is 3.27. The first-order chi connectivity index (χ1) is 8.61. The van der Waals surface area contributed by atoms with Crippen LogP contribution in [0.1, 0.15) is 33.6 Å². The molecular weight excluding hydrogens is 240 g/mol. The van der Waals surface area contributed by atoms with Crippen LogP contribution >= 0.6 is 11.8 Å². The average molecular weight is 270 g/mol. The highest BCUT2D eigenvalue weighted by Gasteiger charge is 2.38. The monoisotopic (exact) mass is 270 g/mol. The molecule has 1 saturated carbocycles. The molecule has 2 aliphatic rings. The fourth-order valence-corrected chi connectivity index (χ4v) is 3.95. The first kappa shape index (κ1) is 14.7. The summed E-state index contributed by atoms with van der Waals surface area (Å²) in [4.78, 5) is 2.78. The van der Waals surface area contributed by atoms with Gasteiger partial charge in [-0.3, -0.25) is 4.90 Å². The Balaban J connectivity index is 1.90. The lowest BCUT2D eigenvalue weighted by Gasteiger charge is -2.43.